The molecule has 0 saturated carbocycles. The predicted molar refractivity (Wildman–Crippen MR) is 108 cm³/mol. The van der Waals surface area contributed by atoms with Gasteiger partial charge in [0.25, 0.3) is 0 Å². The number of rotatable bonds is 6. The molecule has 3 aromatic rings. The largest absolute Gasteiger partial charge is 0.449 e. The second-order valence-corrected chi connectivity index (χ2v) is 7.26. The van der Waals surface area contributed by atoms with Gasteiger partial charge in [-0.05, 0) is 39.9 Å². The summed E-state index contributed by atoms with van der Waals surface area (Å²) in [5.74, 6) is -2.35. The summed E-state index contributed by atoms with van der Waals surface area (Å²) in [7, 11) is 0. The first-order chi connectivity index (χ1) is 14.9. The van der Waals surface area contributed by atoms with Gasteiger partial charge in [0.05, 0.1) is 0 Å². The SMILES string of the molecule is O=C(NCC(O)C(O)c1cc(F)nc(F)c1)OCC1c2ccccc2-c2ccccc21. The van der Waals surface area contributed by atoms with Crippen LogP contribution in [-0.4, -0.2) is 40.5 Å². The number of carbonyl (C=O) groups excluding carboxylic acids is 1. The van der Waals surface area contributed by atoms with E-state index in [0.29, 0.717) is 0 Å². The molecular formula is C23H20F2N2O4. The highest BCUT2D eigenvalue weighted by molar-refractivity contribution is 5.79. The number of fused-ring (bicyclic) bond motifs is 3. The van der Waals surface area contributed by atoms with Crippen LogP contribution in [0.25, 0.3) is 11.1 Å². The van der Waals surface area contributed by atoms with Gasteiger partial charge in [0.15, 0.2) is 0 Å². The summed E-state index contributed by atoms with van der Waals surface area (Å²) in [4.78, 5) is 15.1. The zero-order valence-corrected chi connectivity index (χ0v) is 16.3. The van der Waals surface area contributed by atoms with E-state index in [1.165, 1.54) is 0 Å². The van der Waals surface area contributed by atoms with Gasteiger partial charge in [-0.2, -0.15) is 13.8 Å². The first-order valence-electron chi connectivity index (χ1n) is 9.72. The van der Waals surface area contributed by atoms with Crippen LogP contribution in [0.4, 0.5) is 13.6 Å². The van der Waals surface area contributed by atoms with E-state index >= 15 is 0 Å². The lowest BCUT2D eigenvalue weighted by atomic mass is 9.98. The number of carbonyl (C=O) groups is 1. The first-order valence-corrected chi connectivity index (χ1v) is 9.72. The van der Waals surface area contributed by atoms with E-state index in [2.05, 4.69) is 10.3 Å². The summed E-state index contributed by atoms with van der Waals surface area (Å²) in [6, 6.07) is 17.4. The Morgan fingerprint density at radius 2 is 1.55 bits per heavy atom. The fourth-order valence-corrected chi connectivity index (χ4v) is 3.83. The molecule has 0 spiro atoms. The van der Waals surface area contributed by atoms with Crippen molar-refractivity contribution in [1.82, 2.24) is 10.3 Å². The monoisotopic (exact) mass is 426 g/mol. The van der Waals surface area contributed by atoms with Gasteiger partial charge in [0, 0.05) is 12.5 Å². The lowest BCUT2D eigenvalue weighted by Gasteiger charge is -2.19. The van der Waals surface area contributed by atoms with Crippen LogP contribution in [0.1, 0.15) is 28.7 Å². The Balaban J connectivity index is 1.35. The number of ether oxygens (including phenoxy) is 1. The highest BCUT2D eigenvalue weighted by atomic mass is 19.1. The number of amides is 1. The number of nitrogens with one attached hydrogen (secondary N) is 1. The smallest absolute Gasteiger partial charge is 0.407 e. The zero-order chi connectivity index (χ0) is 22.0. The number of halogens is 2. The van der Waals surface area contributed by atoms with E-state index in [1.807, 2.05) is 48.5 Å². The Labute approximate surface area is 177 Å². The Morgan fingerprint density at radius 3 is 2.13 bits per heavy atom. The summed E-state index contributed by atoms with van der Waals surface area (Å²) in [6.45, 7) is -0.275. The van der Waals surface area contributed by atoms with Crippen molar-refractivity contribution in [2.24, 2.45) is 0 Å². The minimum absolute atomic E-state index is 0.0965. The van der Waals surface area contributed by atoms with Crippen molar-refractivity contribution < 1.29 is 28.5 Å². The molecule has 0 bridgehead atoms. The average Bonchev–Trinajstić information content (AvgIpc) is 3.08. The molecule has 31 heavy (non-hydrogen) atoms. The van der Waals surface area contributed by atoms with Crippen LogP contribution in [0.5, 0.6) is 0 Å². The molecular weight excluding hydrogens is 406 g/mol. The third kappa shape index (κ3) is 4.40. The van der Waals surface area contributed by atoms with Crippen molar-refractivity contribution in [3.8, 4) is 11.1 Å². The van der Waals surface area contributed by atoms with Gasteiger partial charge < -0.3 is 20.3 Å². The van der Waals surface area contributed by atoms with Gasteiger partial charge in [0.2, 0.25) is 11.9 Å². The maximum Gasteiger partial charge on any atom is 0.407 e. The molecule has 160 valence electrons. The number of aliphatic hydroxyl groups excluding tert-OH is 2. The second kappa shape index (κ2) is 8.79. The van der Waals surface area contributed by atoms with Crippen LogP contribution in [0.15, 0.2) is 60.7 Å². The standard InChI is InChI=1S/C23H20F2N2O4/c24-20-9-13(10-21(25)27-20)22(29)19(28)11-26-23(30)31-12-18-16-7-3-1-5-14(16)15-6-2-4-8-17(15)18/h1-10,18-19,22,28-29H,11-12H2,(H,26,30). The molecule has 3 N–H and O–H groups in total. The Bertz CT molecular complexity index is 1040. The van der Waals surface area contributed by atoms with Crippen molar-refractivity contribution in [2.45, 2.75) is 18.1 Å². The first kappa shape index (κ1) is 20.9. The zero-order valence-electron chi connectivity index (χ0n) is 16.3. The molecule has 2 atom stereocenters. The number of hydrogen-bond acceptors (Lipinski definition) is 5. The maximum atomic E-state index is 13.2. The van der Waals surface area contributed by atoms with Crippen molar-refractivity contribution in [3.63, 3.8) is 0 Å². The number of pyridine rings is 1. The fourth-order valence-electron chi connectivity index (χ4n) is 3.83. The Morgan fingerprint density at radius 1 is 1.00 bits per heavy atom. The number of hydrogen-bond donors (Lipinski definition) is 3. The number of alkyl carbamates (subject to hydrolysis) is 1. The number of nitrogens with zero attached hydrogens (tertiary/aromatic N) is 1. The van der Waals surface area contributed by atoms with Crippen LogP contribution in [-0.2, 0) is 4.74 Å². The van der Waals surface area contributed by atoms with E-state index in [9.17, 15) is 23.8 Å². The van der Waals surface area contributed by atoms with Gasteiger partial charge in [0.1, 0.15) is 18.8 Å². The summed E-state index contributed by atoms with van der Waals surface area (Å²) in [5, 5.41) is 22.5. The van der Waals surface area contributed by atoms with Crippen LogP contribution >= 0.6 is 0 Å². The van der Waals surface area contributed by atoms with Crippen molar-refractivity contribution in [2.75, 3.05) is 13.2 Å². The molecule has 0 fully saturated rings. The Kier molecular flexibility index (Phi) is 5.92. The van der Waals surface area contributed by atoms with Crippen molar-refractivity contribution in [3.05, 3.63) is 89.2 Å². The van der Waals surface area contributed by atoms with Crippen molar-refractivity contribution in [1.29, 1.82) is 0 Å². The van der Waals surface area contributed by atoms with Crippen molar-refractivity contribution >= 4 is 6.09 Å². The molecule has 2 aromatic carbocycles. The quantitative estimate of drug-likeness (QED) is 0.526. The topological polar surface area (TPSA) is 91.7 Å². The molecule has 1 aromatic heterocycles. The fraction of sp³-hybridized carbons (Fsp3) is 0.217. The van der Waals surface area contributed by atoms with Crippen LogP contribution in [0, 0.1) is 11.9 Å². The molecule has 1 heterocycles. The van der Waals surface area contributed by atoms with Crippen LogP contribution < -0.4 is 5.32 Å². The highest BCUT2D eigenvalue weighted by Crippen LogP contribution is 2.44. The molecule has 6 nitrogen and oxygen atoms in total. The van der Waals surface area contributed by atoms with Crippen LogP contribution in [0.3, 0.4) is 0 Å². The summed E-state index contributed by atoms with van der Waals surface area (Å²) < 4.78 is 31.7. The van der Waals surface area contributed by atoms with E-state index in [1.54, 1.807) is 0 Å². The average molecular weight is 426 g/mol. The third-order valence-corrected chi connectivity index (χ3v) is 5.29. The normalized spacial score (nSPS) is 14.5. The predicted octanol–water partition coefficient (Wildman–Crippen LogP) is 3.29. The molecule has 1 aliphatic rings. The minimum atomic E-state index is -1.61. The molecule has 0 saturated heterocycles. The third-order valence-electron chi connectivity index (χ3n) is 5.29. The molecule has 4 rings (SSSR count). The van der Waals surface area contributed by atoms with E-state index in [4.69, 9.17) is 4.74 Å². The molecule has 0 aliphatic heterocycles. The lowest BCUT2D eigenvalue weighted by molar-refractivity contribution is 0.0181. The van der Waals surface area contributed by atoms with Gasteiger partial charge in [-0.15, -0.1) is 0 Å². The van der Waals surface area contributed by atoms with E-state index in [-0.39, 0.29) is 24.6 Å². The summed E-state index contributed by atoms with van der Waals surface area (Å²) in [6.07, 6.45) is -3.89. The molecule has 1 aliphatic carbocycles. The summed E-state index contributed by atoms with van der Waals surface area (Å²) >= 11 is 0. The van der Waals surface area contributed by atoms with Crippen LogP contribution in [0.2, 0.25) is 0 Å². The van der Waals surface area contributed by atoms with Gasteiger partial charge >= 0.3 is 6.09 Å². The lowest BCUT2D eigenvalue weighted by Crippen LogP contribution is -2.36. The van der Waals surface area contributed by atoms with Gasteiger partial charge in [-0.1, -0.05) is 48.5 Å². The molecule has 2 unspecified atom stereocenters. The van der Waals surface area contributed by atoms with E-state index in [0.717, 1.165) is 34.4 Å². The number of benzene rings is 2. The van der Waals surface area contributed by atoms with Gasteiger partial charge in [-0.3, -0.25) is 0 Å². The molecule has 0 radical (unpaired) electrons. The maximum absolute atomic E-state index is 13.2. The summed E-state index contributed by atoms with van der Waals surface area (Å²) in [5.41, 5.74) is 4.14. The minimum Gasteiger partial charge on any atom is -0.449 e. The second-order valence-electron chi connectivity index (χ2n) is 7.26. The molecule has 8 heteroatoms. The van der Waals surface area contributed by atoms with Gasteiger partial charge in [-0.25, -0.2) is 4.79 Å². The highest BCUT2D eigenvalue weighted by Gasteiger charge is 2.29. The Hall–Kier alpha value is -3.36. The number of aliphatic hydroxyl groups is 2. The molecule has 1 amide bonds. The number of aromatic nitrogens is 1. The van der Waals surface area contributed by atoms with E-state index < -0.39 is 30.2 Å².